The highest BCUT2D eigenvalue weighted by atomic mass is 35.5. The maximum Gasteiger partial charge on any atom is 0.417 e. The van der Waals surface area contributed by atoms with E-state index < -0.39 is 11.7 Å². The van der Waals surface area contributed by atoms with Gasteiger partial charge < -0.3 is 5.11 Å². The molecule has 7 nitrogen and oxygen atoms in total. The zero-order chi connectivity index (χ0) is 27.5. The number of aromatic nitrogens is 2. The van der Waals surface area contributed by atoms with Crippen molar-refractivity contribution in [3.05, 3.63) is 81.7 Å². The summed E-state index contributed by atoms with van der Waals surface area (Å²) in [6.45, 7) is 7.26. The number of alkyl halides is 3. The lowest BCUT2D eigenvalue weighted by atomic mass is 10.1. The maximum absolute atomic E-state index is 12.7. The number of aliphatic hydroxyl groups is 1. The molecule has 0 aliphatic carbocycles. The molecule has 196 valence electrons. The van der Waals surface area contributed by atoms with E-state index in [0.29, 0.717) is 16.4 Å². The molecule has 0 spiro atoms. The normalized spacial score (nSPS) is 10.6. The van der Waals surface area contributed by atoms with Crippen LogP contribution < -0.4 is 10.4 Å². The van der Waals surface area contributed by atoms with Crippen molar-refractivity contribution in [3.8, 4) is 0 Å². The van der Waals surface area contributed by atoms with Crippen LogP contribution in [-0.2, 0) is 6.18 Å². The van der Waals surface area contributed by atoms with E-state index in [1.54, 1.807) is 38.2 Å². The van der Waals surface area contributed by atoms with Crippen LogP contribution in [0.2, 0.25) is 10.0 Å². The number of hydrogen-bond donors (Lipinski definition) is 3. The fourth-order valence-corrected chi connectivity index (χ4v) is 3.15. The topological polar surface area (TPSA) is 98.6 Å². The number of pyridine rings is 2. The Balaban J connectivity index is 0.000000365. The molecular weight excluding hydrogens is 520 g/mol. The number of benzene rings is 1. The summed E-state index contributed by atoms with van der Waals surface area (Å²) in [5.74, 6) is 0.134. The van der Waals surface area contributed by atoms with E-state index in [0.717, 1.165) is 6.07 Å². The lowest BCUT2D eigenvalue weighted by Gasteiger charge is -2.25. The lowest BCUT2D eigenvalue weighted by Crippen LogP contribution is -2.38. The molecule has 3 N–H and O–H groups in total. The SMILES string of the molecule is CC(C)N(C(=O)c1ncc(Cl)cc1NO)c1ccccn1.CCO.Cc1ccc(Cl)c(C(F)(F)F)c1. The van der Waals surface area contributed by atoms with E-state index in [-0.39, 0.29) is 35.0 Å². The molecule has 12 heteroatoms. The molecule has 0 atom stereocenters. The largest absolute Gasteiger partial charge is 0.417 e. The number of aliphatic hydroxyl groups excluding tert-OH is 1. The average molecular weight is 547 g/mol. The van der Waals surface area contributed by atoms with E-state index in [1.807, 2.05) is 19.3 Å². The van der Waals surface area contributed by atoms with Crippen LogP contribution in [0.5, 0.6) is 0 Å². The highest BCUT2D eigenvalue weighted by molar-refractivity contribution is 6.31. The molecule has 36 heavy (non-hydrogen) atoms. The number of rotatable bonds is 4. The van der Waals surface area contributed by atoms with Gasteiger partial charge in [0.05, 0.1) is 21.3 Å². The Morgan fingerprint density at radius 1 is 1.14 bits per heavy atom. The van der Waals surface area contributed by atoms with E-state index in [2.05, 4.69) is 9.97 Å². The van der Waals surface area contributed by atoms with Gasteiger partial charge in [-0.1, -0.05) is 40.9 Å². The minimum Gasteiger partial charge on any atom is -0.397 e. The molecule has 1 amide bonds. The van der Waals surface area contributed by atoms with E-state index >= 15 is 0 Å². The van der Waals surface area contributed by atoms with Crippen molar-refractivity contribution in [2.45, 2.75) is 39.9 Å². The van der Waals surface area contributed by atoms with Gasteiger partial charge in [0.1, 0.15) is 5.82 Å². The Morgan fingerprint density at radius 3 is 2.25 bits per heavy atom. The number of anilines is 2. The van der Waals surface area contributed by atoms with Crippen LogP contribution in [0.15, 0.2) is 54.9 Å². The highest BCUT2D eigenvalue weighted by Crippen LogP contribution is 2.34. The molecule has 0 fully saturated rings. The third-order valence-electron chi connectivity index (χ3n) is 4.24. The second-order valence-electron chi connectivity index (χ2n) is 7.42. The van der Waals surface area contributed by atoms with Crippen LogP contribution in [0.4, 0.5) is 24.7 Å². The van der Waals surface area contributed by atoms with Crippen LogP contribution in [0, 0.1) is 6.92 Å². The predicted octanol–water partition coefficient (Wildman–Crippen LogP) is 6.65. The summed E-state index contributed by atoms with van der Waals surface area (Å²) >= 11 is 11.2. The fourth-order valence-electron chi connectivity index (χ4n) is 2.76. The second kappa shape index (κ2) is 14.6. The van der Waals surface area contributed by atoms with Gasteiger partial charge in [-0.05, 0) is 58.0 Å². The quantitative estimate of drug-likeness (QED) is 0.317. The first-order valence-corrected chi connectivity index (χ1v) is 11.4. The van der Waals surface area contributed by atoms with Crippen molar-refractivity contribution < 1.29 is 28.3 Å². The lowest BCUT2D eigenvalue weighted by molar-refractivity contribution is -0.137. The smallest absolute Gasteiger partial charge is 0.397 e. The molecule has 2 heterocycles. The molecule has 0 saturated carbocycles. The number of nitrogens with zero attached hydrogens (tertiary/aromatic N) is 3. The van der Waals surface area contributed by atoms with Crippen molar-refractivity contribution in [3.63, 3.8) is 0 Å². The number of carbonyl (C=O) groups excluding carboxylic acids is 1. The Labute approximate surface area is 217 Å². The van der Waals surface area contributed by atoms with Gasteiger partial charge in [-0.2, -0.15) is 13.2 Å². The minimum atomic E-state index is -4.36. The first kappa shape index (κ1) is 31.1. The van der Waals surface area contributed by atoms with Gasteiger partial charge in [0.25, 0.3) is 5.91 Å². The third-order valence-corrected chi connectivity index (χ3v) is 4.77. The number of halogens is 5. The zero-order valence-electron chi connectivity index (χ0n) is 20.0. The van der Waals surface area contributed by atoms with Crippen molar-refractivity contribution in [1.82, 2.24) is 9.97 Å². The molecule has 0 aliphatic rings. The van der Waals surface area contributed by atoms with Gasteiger partial charge in [0, 0.05) is 25.0 Å². The van der Waals surface area contributed by atoms with Crippen molar-refractivity contribution >= 4 is 40.6 Å². The Kier molecular flexibility index (Phi) is 12.6. The number of nitrogens with one attached hydrogen (secondary N) is 1. The summed E-state index contributed by atoms with van der Waals surface area (Å²) in [5, 5.41) is 16.8. The molecule has 2 aromatic heterocycles. The average Bonchev–Trinajstić information content (AvgIpc) is 2.81. The number of amides is 1. The Bertz CT molecular complexity index is 1120. The second-order valence-corrected chi connectivity index (χ2v) is 8.26. The van der Waals surface area contributed by atoms with Gasteiger partial charge in [0.15, 0.2) is 5.69 Å². The summed E-state index contributed by atoms with van der Waals surface area (Å²) in [6, 6.07) is 10.4. The molecular formula is C24H27Cl2F3N4O3. The fraction of sp³-hybridized carbons (Fsp3) is 0.292. The number of carbonyl (C=O) groups is 1. The van der Waals surface area contributed by atoms with E-state index in [1.165, 1.54) is 29.3 Å². The summed E-state index contributed by atoms with van der Waals surface area (Å²) in [5.41, 5.74) is 1.94. The molecule has 3 aromatic rings. The first-order chi connectivity index (χ1) is 16.9. The number of aryl methyl sites for hydroxylation is 1. The summed E-state index contributed by atoms with van der Waals surface area (Å²) < 4.78 is 36.4. The molecule has 0 unspecified atom stereocenters. The molecule has 3 rings (SSSR count). The van der Waals surface area contributed by atoms with Gasteiger partial charge in [0.2, 0.25) is 0 Å². The van der Waals surface area contributed by atoms with Gasteiger partial charge in [-0.15, -0.1) is 0 Å². The summed E-state index contributed by atoms with van der Waals surface area (Å²) in [7, 11) is 0. The van der Waals surface area contributed by atoms with Crippen LogP contribution >= 0.6 is 23.2 Å². The molecule has 0 aliphatic heterocycles. The van der Waals surface area contributed by atoms with Crippen LogP contribution in [-0.4, -0.2) is 38.8 Å². The molecule has 0 saturated heterocycles. The Morgan fingerprint density at radius 2 is 1.78 bits per heavy atom. The van der Waals surface area contributed by atoms with Crippen molar-refractivity contribution in [2.75, 3.05) is 17.0 Å². The minimum absolute atomic E-state index is 0.0706. The highest BCUT2D eigenvalue weighted by Gasteiger charge is 2.33. The maximum atomic E-state index is 12.7. The van der Waals surface area contributed by atoms with Crippen LogP contribution in [0.3, 0.4) is 0 Å². The van der Waals surface area contributed by atoms with Crippen LogP contribution in [0.25, 0.3) is 0 Å². The first-order valence-electron chi connectivity index (χ1n) is 10.6. The molecule has 1 aromatic carbocycles. The van der Waals surface area contributed by atoms with Gasteiger partial charge in [-0.25, -0.2) is 9.97 Å². The Hall–Kier alpha value is -2.92. The molecule has 0 radical (unpaired) electrons. The van der Waals surface area contributed by atoms with Crippen LogP contribution in [0.1, 0.15) is 42.4 Å². The van der Waals surface area contributed by atoms with E-state index in [4.69, 9.17) is 33.5 Å². The monoisotopic (exact) mass is 546 g/mol. The molecule has 0 bridgehead atoms. The summed E-state index contributed by atoms with van der Waals surface area (Å²) in [6.07, 6.45) is -1.39. The van der Waals surface area contributed by atoms with E-state index in [9.17, 15) is 18.0 Å². The predicted molar refractivity (Wildman–Crippen MR) is 135 cm³/mol. The van der Waals surface area contributed by atoms with Gasteiger partial charge in [-0.3, -0.25) is 20.4 Å². The van der Waals surface area contributed by atoms with Crippen molar-refractivity contribution in [1.29, 1.82) is 0 Å². The third kappa shape index (κ3) is 9.27. The van der Waals surface area contributed by atoms with Gasteiger partial charge >= 0.3 is 6.18 Å². The van der Waals surface area contributed by atoms with Crippen molar-refractivity contribution in [2.24, 2.45) is 0 Å². The number of hydrogen-bond acceptors (Lipinski definition) is 6. The zero-order valence-corrected chi connectivity index (χ0v) is 21.5. The summed E-state index contributed by atoms with van der Waals surface area (Å²) in [4.78, 5) is 22.4. The standard InChI is InChI=1S/C14H15ClN4O2.C8H6ClF3.C2H6O/c1-9(2)19(12-5-3-4-6-16-12)14(20)13-11(18-21)7-10(15)8-17-13;1-5-2-3-7(9)6(4-5)8(10,11)12;1-2-3/h3-9,18,21H,1-2H3;2-4H,1H3;3H,2H2,1H3.